The van der Waals surface area contributed by atoms with Gasteiger partial charge in [-0.05, 0) is 65.3 Å². The molecular weight excluding hydrogens is 543 g/mol. The highest BCUT2D eigenvalue weighted by Crippen LogP contribution is 2.67. The molecule has 5 heteroatoms. The lowest BCUT2D eigenvalue weighted by molar-refractivity contribution is 0.0878. The first-order valence-electron chi connectivity index (χ1n) is 16.0. The van der Waals surface area contributed by atoms with Crippen molar-refractivity contribution in [2.45, 2.75) is 62.2 Å². The second kappa shape index (κ2) is 7.92. The van der Waals surface area contributed by atoms with Crippen molar-refractivity contribution in [2.24, 2.45) is 0 Å². The van der Waals surface area contributed by atoms with E-state index in [1.165, 1.54) is 70.4 Å². The number of anilines is 2. The minimum atomic E-state index is -0.683. The molecule has 5 heterocycles. The third-order valence-electron chi connectivity index (χ3n) is 11.7. The summed E-state index contributed by atoms with van der Waals surface area (Å²) in [5.74, 6) is 0.330. The van der Waals surface area contributed by atoms with Crippen molar-refractivity contribution in [3.05, 3.63) is 132 Å². The molecule has 1 spiro atoms. The molecule has 0 amide bonds. The first kappa shape index (κ1) is 23.4. The molecule has 210 valence electrons. The van der Waals surface area contributed by atoms with E-state index in [4.69, 9.17) is 0 Å². The molecule has 11 rings (SSSR count). The van der Waals surface area contributed by atoms with Crippen molar-refractivity contribution >= 4 is 29.9 Å². The lowest BCUT2D eigenvalue weighted by Crippen LogP contribution is -2.57. The van der Waals surface area contributed by atoms with Crippen LogP contribution in [0.5, 0.6) is 0 Å². The number of hydrogen-bond donors (Lipinski definition) is 0. The third-order valence-corrected chi connectivity index (χ3v) is 14.5. The standard InChI is InChI=1S/C38H33N4P/c1-24-39-20-21-40(24)33-18-8-14-29-35(33)43-36-30(38(29)27-12-4-2-10-25(27)26-11-3-5-13-28(26)38)15-9-19-34(36)42-23-22-41(37(42)43)32-17-7-6-16-31(32)39/h2-5,8-15,18-24,31-32,37H,6-7,16-17H2,1H3/t24-,31?,32?,37?,43+/m1/s1. The Kier molecular flexibility index (Phi) is 4.32. The molecule has 43 heavy (non-hydrogen) atoms. The molecule has 4 aromatic rings. The lowest BCUT2D eigenvalue weighted by Gasteiger charge is -2.51. The molecule has 1 saturated carbocycles. The zero-order valence-corrected chi connectivity index (χ0v) is 25.2. The largest absolute Gasteiger partial charge is 0.351 e. The van der Waals surface area contributed by atoms with Crippen molar-refractivity contribution < 1.29 is 0 Å². The summed E-state index contributed by atoms with van der Waals surface area (Å²) in [5.41, 5.74) is 11.1. The number of hydrogen-bond acceptors (Lipinski definition) is 4. The van der Waals surface area contributed by atoms with Crippen molar-refractivity contribution in [3.8, 4) is 11.1 Å². The maximum absolute atomic E-state index is 2.82. The summed E-state index contributed by atoms with van der Waals surface area (Å²) in [7, 11) is -0.683. The Bertz CT molecular complexity index is 1900. The van der Waals surface area contributed by atoms with Crippen LogP contribution >= 0.6 is 7.92 Å². The van der Waals surface area contributed by atoms with Crippen LogP contribution in [0.1, 0.15) is 54.9 Å². The number of rotatable bonds is 0. The quantitative estimate of drug-likeness (QED) is 0.185. The van der Waals surface area contributed by atoms with E-state index in [1.54, 1.807) is 10.6 Å². The van der Waals surface area contributed by atoms with Crippen LogP contribution in [0.4, 0.5) is 11.4 Å². The van der Waals surface area contributed by atoms with Crippen molar-refractivity contribution in [1.82, 2.24) is 9.80 Å². The van der Waals surface area contributed by atoms with Crippen LogP contribution in [0, 0.1) is 0 Å². The van der Waals surface area contributed by atoms with E-state index in [-0.39, 0.29) is 5.41 Å². The number of nitrogens with zero attached hydrogens (tertiary/aromatic N) is 4. The molecule has 2 aliphatic carbocycles. The summed E-state index contributed by atoms with van der Waals surface area (Å²) in [6.07, 6.45) is 15.2. The Balaban J connectivity index is 1.30. The summed E-state index contributed by atoms with van der Waals surface area (Å²) in [6, 6.07) is 34.0. The Morgan fingerprint density at radius 2 is 1.12 bits per heavy atom. The molecule has 3 unspecified atom stereocenters. The Hall–Kier alpha value is -4.01. The normalized spacial score (nSPS) is 28.7. The van der Waals surface area contributed by atoms with Crippen LogP contribution in [0.3, 0.4) is 0 Å². The van der Waals surface area contributed by atoms with Gasteiger partial charge in [-0.25, -0.2) is 0 Å². The molecule has 0 aromatic heterocycles. The Labute approximate surface area is 254 Å². The summed E-state index contributed by atoms with van der Waals surface area (Å²) in [5, 5.41) is 3.18. The predicted molar refractivity (Wildman–Crippen MR) is 176 cm³/mol. The summed E-state index contributed by atoms with van der Waals surface area (Å²) in [4.78, 5) is 10.8. The molecule has 4 nitrogen and oxygen atoms in total. The minimum absolute atomic E-state index is 0.296. The van der Waals surface area contributed by atoms with Gasteiger partial charge in [0, 0.05) is 43.3 Å². The Morgan fingerprint density at radius 1 is 0.581 bits per heavy atom. The molecular formula is C38H33N4P. The highest BCUT2D eigenvalue weighted by Gasteiger charge is 2.59. The smallest absolute Gasteiger partial charge is 0.133 e. The van der Waals surface area contributed by atoms with Gasteiger partial charge in [-0.15, -0.1) is 0 Å². The van der Waals surface area contributed by atoms with Gasteiger partial charge in [0.15, 0.2) is 0 Å². The van der Waals surface area contributed by atoms with Crippen LogP contribution in [0.2, 0.25) is 0 Å². The maximum atomic E-state index is 2.82. The van der Waals surface area contributed by atoms with E-state index >= 15 is 0 Å². The van der Waals surface area contributed by atoms with Crippen LogP contribution in [0.25, 0.3) is 11.1 Å². The van der Waals surface area contributed by atoms with Gasteiger partial charge >= 0.3 is 0 Å². The van der Waals surface area contributed by atoms with Crippen molar-refractivity contribution in [1.29, 1.82) is 0 Å². The fourth-order valence-electron chi connectivity index (χ4n) is 10.1. The highest BCUT2D eigenvalue weighted by molar-refractivity contribution is 7.75. The predicted octanol–water partition coefficient (Wildman–Crippen LogP) is 6.95. The third kappa shape index (κ3) is 2.55. The van der Waals surface area contributed by atoms with Gasteiger partial charge in [-0.1, -0.05) is 85.6 Å². The second-order valence-electron chi connectivity index (χ2n) is 13.3. The molecule has 5 aliphatic heterocycles. The molecule has 5 atom stereocenters. The molecule has 4 aromatic carbocycles. The van der Waals surface area contributed by atoms with Gasteiger partial charge < -0.3 is 19.6 Å². The van der Waals surface area contributed by atoms with Gasteiger partial charge in [0.05, 0.1) is 28.9 Å². The molecule has 7 aliphatic rings. The summed E-state index contributed by atoms with van der Waals surface area (Å²) in [6.45, 7) is 2.43. The molecule has 0 radical (unpaired) electrons. The summed E-state index contributed by atoms with van der Waals surface area (Å²) >= 11 is 0. The van der Waals surface area contributed by atoms with Gasteiger partial charge in [0.25, 0.3) is 0 Å². The number of benzene rings is 4. The molecule has 1 fully saturated rings. The van der Waals surface area contributed by atoms with Crippen molar-refractivity contribution in [3.63, 3.8) is 0 Å². The van der Waals surface area contributed by atoms with E-state index in [9.17, 15) is 0 Å². The van der Waals surface area contributed by atoms with E-state index in [0.29, 0.717) is 24.2 Å². The first-order valence-corrected chi connectivity index (χ1v) is 17.4. The van der Waals surface area contributed by atoms with E-state index in [2.05, 4.69) is 136 Å². The van der Waals surface area contributed by atoms with Gasteiger partial charge in [-0.3, -0.25) is 0 Å². The van der Waals surface area contributed by atoms with E-state index in [0.717, 1.165) is 0 Å². The zero-order valence-electron chi connectivity index (χ0n) is 24.3. The van der Waals surface area contributed by atoms with Crippen molar-refractivity contribution in [2.75, 3.05) is 9.80 Å². The van der Waals surface area contributed by atoms with Gasteiger partial charge in [-0.2, -0.15) is 0 Å². The molecule has 0 N–H and O–H groups in total. The van der Waals surface area contributed by atoms with Crippen LogP contribution < -0.4 is 20.4 Å². The number of fused-ring (bicyclic) bond motifs is 14. The monoisotopic (exact) mass is 576 g/mol. The summed E-state index contributed by atoms with van der Waals surface area (Å²) < 4.78 is 0. The Morgan fingerprint density at radius 3 is 1.79 bits per heavy atom. The van der Waals surface area contributed by atoms with E-state index in [1.807, 2.05) is 0 Å². The average molecular weight is 577 g/mol. The second-order valence-corrected chi connectivity index (χ2v) is 15.4. The van der Waals surface area contributed by atoms with Crippen LogP contribution in [-0.2, 0) is 5.41 Å². The highest BCUT2D eigenvalue weighted by atomic mass is 31.1. The fraction of sp³-hybridized carbons (Fsp3) is 0.263. The van der Waals surface area contributed by atoms with E-state index < -0.39 is 7.92 Å². The topological polar surface area (TPSA) is 13.0 Å². The van der Waals surface area contributed by atoms with Gasteiger partial charge in [0.1, 0.15) is 12.1 Å². The SMILES string of the molecule is C[C@H]1N2C=CN1C1CCCCC1N1C=CN3c4cccc5c4[P@](c4c2cccc4C52c4ccccc4-c4ccccc42)C31. The van der Waals surface area contributed by atoms with Crippen LogP contribution in [-0.4, -0.2) is 34.0 Å². The fourth-order valence-corrected chi connectivity index (χ4v) is 13.6. The molecule has 0 saturated heterocycles. The van der Waals surface area contributed by atoms with Crippen LogP contribution in [0.15, 0.2) is 110 Å². The first-order chi connectivity index (χ1) is 21.3. The minimum Gasteiger partial charge on any atom is -0.351 e. The lowest BCUT2D eigenvalue weighted by atomic mass is 9.67. The molecule has 2 bridgehead atoms. The average Bonchev–Trinajstić information content (AvgIpc) is 3.80. The maximum Gasteiger partial charge on any atom is 0.133 e. The van der Waals surface area contributed by atoms with Gasteiger partial charge in [0.2, 0.25) is 0 Å². The zero-order chi connectivity index (χ0) is 28.0.